The van der Waals surface area contributed by atoms with Gasteiger partial charge in [0.2, 0.25) is 5.91 Å². The fraction of sp³-hybridized carbons (Fsp3) is 0.600. The molecule has 174 valence electrons. The Balaban J connectivity index is 1.32. The zero-order valence-electron chi connectivity index (χ0n) is 17.5. The number of carboxylic acids is 1. The summed E-state index contributed by atoms with van der Waals surface area (Å²) in [4.78, 5) is 25.8. The summed E-state index contributed by atoms with van der Waals surface area (Å²) in [7, 11) is -1.51. The number of hydrogen-bond donors (Lipinski definition) is 6. The number of ether oxygens (including phenoxy) is 2. The van der Waals surface area contributed by atoms with Gasteiger partial charge in [0.1, 0.15) is 23.2 Å². The zero-order chi connectivity index (χ0) is 23.0. The van der Waals surface area contributed by atoms with Crippen LogP contribution in [0, 0.1) is 0 Å². The molecule has 0 spiro atoms. The maximum Gasteiger partial charge on any atom is 0.455 e. The van der Waals surface area contributed by atoms with Gasteiger partial charge < -0.3 is 45.7 Å². The molecular weight excluding hydrogens is 421 g/mol. The minimum absolute atomic E-state index is 0.0187. The van der Waals surface area contributed by atoms with E-state index in [2.05, 4.69) is 5.32 Å². The second-order valence-electron chi connectivity index (χ2n) is 8.64. The van der Waals surface area contributed by atoms with Crippen molar-refractivity contribution in [2.45, 2.75) is 42.8 Å². The average Bonchev–Trinajstić information content (AvgIpc) is 3.51. The largest absolute Gasteiger partial charge is 0.507 e. The van der Waals surface area contributed by atoms with E-state index in [4.69, 9.17) is 15.2 Å². The minimum Gasteiger partial charge on any atom is -0.507 e. The Morgan fingerprint density at radius 1 is 1.31 bits per heavy atom. The summed E-state index contributed by atoms with van der Waals surface area (Å²) in [5.41, 5.74) is 5.58. The minimum atomic E-state index is -1.51. The van der Waals surface area contributed by atoms with E-state index in [1.165, 1.54) is 6.07 Å². The van der Waals surface area contributed by atoms with Crippen LogP contribution in [0.1, 0.15) is 34.7 Å². The lowest BCUT2D eigenvalue weighted by molar-refractivity contribution is -0.143. The number of carbonyl (C=O) groups is 2. The number of benzene rings is 1. The van der Waals surface area contributed by atoms with Crippen molar-refractivity contribution in [1.29, 1.82) is 0 Å². The van der Waals surface area contributed by atoms with Crippen LogP contribution in [-0.4, -0.2) is 95.2 Å². The Kier molecular flexibility index (Phi) is 6.58. The second-order valence-corrected chi connectivity index (χ2v) is 8.64. The van der Waals surface area contributed by atoms with Crippen molar-refractivity contribution in [3.05, 3.63) is 23.3 Å². The highest BCUT2D eigenvalue weighted by Crippen LogP contribution is 2.56. The van der Waals surface area contributed by atoms with E-state index in [9.17, 15) is 29.9 Å². The smallest absolute Gasteiger partial charge is 0.455 e. The Bertz CT molecular complexity index is 871. The van der Waals surface area contributed by atoms with Crippen molar-refractivity contribution in [2.75, 3.05) is 32.8 Å². The molecule has 3 fully saturated rings. The maximum atomic E-state index is 12.4. The Labute approximate surface area is 185 Å². The molecule has 1 aromatic carbocycles. The third-order valence-corrected chi connectivity index (χ3v) is 6.36. The number of aromatic carboxylic acids is 1. The number of aromatic hydroxyl groups is 1. The van der Waals surface area contributed by atoms with E-state index < -0.39 is 24.7 Å². The van der Waals surface area contributed by atoms with Crippen LogP contribution in [-0.2, 0) is 9.53 Å². The number of phenols is 1. The number of amides is 1. The van der Waals surface area contributed by atoms with Crippen LogP contribution in [0.5, 0.6) is 11.5 Å². The number of likely N-dealkylation sites (tertiary alicyclic amines) is 1. The summed E-state index contributed by atoms with van der Waals surface area (Å²) in [5, 5.41) is 41.9. The molecule has 3 aliphatic rings. The molecule has 0 radical (unpaired) electrons. The lowest BCUT2D eigenvalue weighted by Gasteiger charge is -2.40. The quantitative estimate of drug-likeness (QED) is 0.262. The molecule has 1 amide bonds. The fourth-order valence-corrected chi connectivity index (χ4v) is 4.27. The van der Waals surface area contributed by atoms with Crippen LogP contribution in [0.4, 0.5) is 0 Å². The number of morpholine rings is 1. The highest BCUT2D eigenvalue weighted by Gasteiger charge is 2.48. The van der Waals surface area contributed by atoms with E-state index in [-0.39, 0.29) is 47.8 Å². The SMILES string of the molecule is NCC1COC(CC(=O)N2CC(Oc3ccc(C4CC4B(O)O)c(O)c3C(=O)O)C2)CN1. The van der Waals surface area contributed by atoms with Crippen LogP contribution in [0.25, 0.3) is 0 Å². The zero-order valence-corrected chi connectivity index (χ0v) is 17.5. The van der Waals surface area contributed by atoms with Gasteiger partial charge in [-0.15, -0.1) is 0 Å². The van der Waals surface area contributed by atoms with Gasteiger partial charge in [-0.1, -0.05) is 6.07 Å². The number of nitrogens with two attached hydrogens (primary N) is 1. The molecule has 1 aromatic rings. The number of rotatable bonds is 8. The first kappa shape index (κ1) is 22.8. The first-order chi connectivity index (χ1) is 15.3. The van der Waals surface area contributed by atoms with Crippen molar-refractivity contribution < 1.29 is 39.3 Å². The van der Waals surface area contributed by atoms with Gasteiger partial charge in [-0.2, -0.15) is 0 Å². The van der Waals surface area contributed by atoms with Crippen molar-refractivity contribution in [2.24, 2.45) is 5.73 Å². The number of hydrogen-bond acceptors (Lipinski definition) is 9. The van der Waals surface area contributed by atoms with E-state index >= 15 is 0 Å². The summed E-state index contributed by atoms with van der Waals surface area (Å²) in [6, 6.07) is 3.12. The van der Waals surface area contributed by atoms with Crippen molar-refractivity contribution in [1.82, 2.24) is 10.2 Å². The van der Waals surface area contributed by atoms with E-state index in [0.29, 0.717) is 44.8 Å². The summed E-state index contributed by atoms with van der Waals surface area (Å²) >= 11 is 0. The number of nitrogens with one attached hydrogen (secondary N) is 1. The molecule has 4 rings (SSSR count). The number of nitrogens with zero attached hydrogens (tertiary/aromatic N) is 1. The molecule has 0 aromatic heterocycles. The Morgan fingerprint density at radius 3 is 2.62 bits per heavy atom. The average molecular weight is 449 g/mol. The molecule has 1 saturated carbocycles. The van der Waals surface area contributed by atoms with Crippen molar-refractivity contribution in [3.63, 3.8) is 0 Å². The lowest BCUT2D eigenvalue weighted by Crippen LogP contribution is -2.57. The van der Waals surface area contributed by atoms with Gasteiger partial charge in [-0.05, 0) is 24.0 Å². The molecule has 7 N–H and O–H groups in total. The highest BCUT2D eigenvalue weighted by molar-refractivity contribution is 6.44. The van der Waals surface area contributed by atoms with Crippen LogP contribution in [0.15, 0.2) is 12.1 Å². The van der Waals surface area contributed by atoms with E-state index in [0.717, 1.165) is 0 Å². The molecule has 2 saturated heterocycles. The molecule has 4 unspecified atom stereocenters. The molecule has 4 atom stereocenters. The lowest BCUT2D eigenvalue weighted by atomic mass is 9.81. The molecular formula is C20H28BN3O8. The third-order valence-electron chi connectivity index (χ3n) is 6.36. The normalized spacial score (nSPS) is 27.5. The van der Waals surface area contributed by atoms with Crippen molar-refractivity contribution in [3.8, 4) is 11.5 Å². The second kappa shape index (κ2) is 9.24. The van der Waals surface area contributed by atoms with E-state index in [1.807, 2.05) is 0 Å². The first-order valence-corrected chi connectivity index (χ1v) is 10.7. The molecule has 2 heterocycles. The molecule has 32 heavy (non-hydrogen) atoms. The maximum absolute atomic E-state index is 12.4. The third kappa shape index (κ3) is 4.69. The van der Waals surface area contributed by atoms with Gasteiger partial charge in [-0.25, -0.2) is 4.79 Å². The van der Waals surface area contributed by atoms with Gasteiger partial charge >= 0.3 is 13.1 Å². The van der Waals surface area contributed by atoms with Crippen LogP contribution in [0.2, 0.25) is 5.82 Å². The monoisotopic (exact) mass is 449 g/mol. The van der Waals surface area contributed by atoms with Gasteiger partial charge in [0.05, 0.1) is 32.2 Å². The summed E-state index contributed by atoms with van der Waals surface area (Å²) in [5.74, 6) is -2.55. The number of carboxylic acid groups (broad SMARTS) is 1. The van der Waals surface area contributed by atoms with Crippen LogP contribution < -0.4 is 15.8 Å². The standard InChI is InChI=1S/C20H28BN3O8/c22-5-10-9-31-11(6-23-10)3-17(25)24-7-12(8-24)32-16-2-1-13(14-4-15(14)21(29)30)19(26)18(16)20(27)28/h1-2,10-12,14-15,23,26,29-30H,3-9,22H2,(H,27,28). The molecule has 12 heteroatoms. The topological polar surface area (TPSA) is 175 Å². The first-order valence-electron chi connectivity index (χ1n) is 10.7. The fourth-order valence-electron chi connectivity index (χ4n) is 4.27. The molecule has 2 aliphatic heterocycles. The van der Waals surface area contributed by atoms with E-state index in [1.54, 1.807) is 11.0 Å². The summed E-state index contributed by atoms with van der Waals surface area (Å²) in [6.07, 6.45) is 0.1000. The molecule has 1 aliphatic carbocycles. The van der Waals surface area contributed by atoms with Gasteiger partial charge in [-0.3, -0.25) is 4.79 Å². The molecule has 11 nitrogen and oxygen atoms in total. The van der Waals surface area contributed by atoms with Crippen molar-refractivity contribution >= 4 is 19.0 Å². The summed E-state index contributed by atoms with van der Waals surface area (Å²) < 4.78 is 11.4. The Hall–Kier alpha value is -2.38. The molecule has 0 bridgehead atoms. The van der Waals surface area contributed by atoms with Crippen LogP contribution >= 0.6 is 0 Å². The summed E-state index contributed by atoms with van der Waals surface area (Å²) in [6.45, 7) is 2.13. The van der Waals surface area contributed by atoms with Gasteiger partial charge in [0.15, 0.2) is 0 Å². The Morgan fingerprint density at radius 2 is 2.06 bits per heavy atom. The number of carbonyl (C=O) groups excluding carboxylic acids is 1. The van der Waals surface area contributed by atoms with Gasteiger partial charge in [0.25, 0.3) is 0 Å². The van der Waals surface area contributed by atoms with Gasteiger partial charge in [0, 0.05) is 24.9 Å². The van der Waals surface area contributed by atoms with Crippen LogP contribution in [0.3, 0.4) is 0 Å². The predicted molar refractivity (Wildman–Crippen MR) is 113 cm³/mol. The highest BCUT2D eigenvalue weighted by atomic mass is 16.5. The predicted octanol–water partition coefficient (Wildman–Crippen LogP) is -1.28.